The van der Waals surface area contributed by atoms with Crippen LogP contribution >= 0.6 is 0 Å². The van der Waals surface area contributed by atoms with Gasteiger partial charge in [-0.15, -0.1) is 0 Å². The third kappa shape index (κ3) is 36.1. The molecule has 0 fully saturated rings. The third-order valence-electron chi connectivity index (χ3n) is 12.1. The quantitative estimate of drug-likeness (QED) is 0.0113. The van der Waals surface area contributed by atoms with Gasteiger partial charge in [-0.05, 0) is 239 Å². The Morgan fingerprint density at radius 2 is 0.565 bits per heavy atom. The largest absolute Gasteiger partial charge is 0.490 e. The summed E-state index contributed by atoms with van der Waals surface area (Å²) in [5.74, 6) is -9.28. The van der Waals surface area contributed by atoms with Crippen molar-refractivity contribution >= 4 is 95.3 Å². The lowest BCUT2D eigenvalue weighted by molar-refractivity contribution is -0.164. The Kier molecular flexibility index (Phi) is 30.3. The van der Waals surface area contributed by atoms with Gasteiger partial charge in [0.05, 0.1) is 35.3 Å². The second kappa shape index (κ2) is 36.8. The predicted molar refractivity (Wildman–Crippen MR) is 393 cm³/mol. The molecule has 0 aromatic heterocycles. The van der Waals surface area contributed by atoms with Crippen LogP contribution in [0.4, 0.5) is 30.6 Å². The maximum atomic E-state index is 14.4. The van der Waals surface area contributed by atoms with Crippen molar-refractivity contribution in [3.05, 3.63) is 107 Å². The van der Waals surface area contributed by atoms with Crippen molar-refractivity contribution < 1.29 is 114 Å². The molecule has 0 saturated heterocycles. The molecular formula is C76H102N8O24. The predicted octanol–water partition coefficient (Wildman–Crippen LogP) is 12.0. The van der Waals surface area contributed by atoms with Crippen molar-refractivity contribution in [1.29, 1.82) is 0 Å². The van der Waals surface area contributed by atoms with Gasteiger partial charge >= 0.3 is 60.2 Å². The first-order chi connectivity index (χ1) is 49.3. The molecule has 0 aliphatic rings. The van der Waals surface area contributed by atoms with Crippen LogP contribution in [0.5, 0.6) is 23.0 Å². The number of amides is 6. The highest BCUT2D eigenvalue weighted by Gasteiger charge is 2.35. The lowest BCUT2D eigenvalue weighted by atomic mass is 10.1. The molecule has 4 aromatic carbocycles. The average molecular weight is 1510 g/mol. The van der Waals surface area contributed by atoms with E-state index in [-0.39, 0.29) is 68.5 Å². The lowest BCUT2D eigenvalue weighted by Gasteiger charge is -2.26. The number of hydrogen-bond donors (Lipinski definition) is 6. The third-order valence-corrected chi connectivity index (χ3v) is 12.1. The van der Waals surface area contributed by atoms with Crippen molar-refractivity contribution in [2.24, 2.45) is 9.98 Å². The molecule has 32 nitrogen and oxygen atoms in total. The number of esters is 6. The molecule has 0 radical (unpaired) electrons. The standard InChI is InChI=1S/C76H102N8O24/c1-69(2,3)101-55(85)41-53(61(91)103-71(7,8)9)79-57(87)45-35-49(39-51(37-45)99-59(89)43-25-29-47(30-26-43)77-63(81-65(93)105-73(13,14)15)82-66(94)106-74(16,17)18)97-33-34-98-50-36-46(58(88)80-54(62(92)104-72(10,11)12)42-56(86)102-70(4,5)6)38-52(40-50)100-60(90)44-27-31-48(32-28-44)78-64(83-67(95)107-75(19,20)21)84-68(96)108-76(22,23)24/h25-32,35-40,53-54H,33-34,41-42H2,1-24H3,(H,79,87)(H,80,88)(H2,77,81,82,93,94)(H2,78,83,84,95,96)/t53-,54-/m1/s1. The second-order valence-electron chi connectivity index (χ2n) is 32.1. The summed E-state index contributed by atoms with van der Waals surface area (Å²) in [5.41, 5.74) is -8.33. The van der Waals surface area contributed by atoms with Crippen molar-refractivity contribution in [3.63, 3.8) is 0 Å². The van der Waals surface area contributed by atoms with E-state index in [1.165, 1.54) is 72.8 Å². The number of nitrogens with zero attached hydrogens (tertiary/aromatic N) is 2. The van der Waals surface area contributed by atoms with Crippen LogP contribution in [0.1, 0.15) is 220 Å². The molecular weight excluding hydrogens is 1410 g/mol. The molecule has 108 heavy (non-hydrogen) atoms. The number of alkyl carbamates (subject to hydrolysis) is 4. The van der Waals surface area contributed by atoms with Crippen LogP contribution in [-0.2, 0) is 57.1 Å². The van der Waals surface area contributed by atoms with Crippen LogP contribution in [0.2, 0.25) is 0 Å². The van der Waals surface area contributed by atoms with E-state index in [1.807, 2.05) is 0 Å². The highest BCUT2D eigenvalue weighted by molar-refractivity contribution is 6.04. The maximum absolute atomic E-state index is 14.4. The molecule has 6 amide bonds. The van der Waals surface area contributed by atoms with Crippen molar-refractivity contribution in [2.75, 3.05) is 13.2 Å². The topological polar surface area (TPSA) is 412 Å². The summed E-state index contributed by atoms with van der Waals surface area (Å²) in [4.78, 5) is 170. The van der Waals surface area contributed by atoms with Gasteiger partial charge in [0.1, 0.15) is 93.1 Å². The minimum Gasteiger partial charge on any atom is -0.490 e. The second-order valence-corrected chi connectivity index (χ2v) is 32.1. The van der Waals surface area contributed by atoms with Gasteiger partial charge in [0, 0.05) is 23.3 Å². The van der Waals surface area contributed by atoms with Crippen molar-refractivity contribution in [1.82, 2.24) is 31.9 Å². The number of carbonyl (C=O) groups is 12. The molecule has 32 heteroatoms. The molecule has 0 bridgehead atoms. The van der Waals surface area contributed by atoms with Crippen LogP contribution in [0.15, 0.2) is 94.9 Å². The number of ether oxygens (including phenoxy) is 12. The first-order valence-corrected chi connectivity index (χ1v) is 34.2. The summed E-state index contributed by atoms with van der Waals surface area (Å²) >= 11 is 0. The van der Waals surface area contributed by atoms with Crippen molar-refractivity contribution in [2.45, 2.75) is 236 Å². The molecule has 4 aromatic rings. The Morgan fingerprint density at radius 3 is 0.815 bits per heavy atom. The number of hydrogen-bond acceptors (Lipinski definition) is 26. The average Bonchev–Trinajstić information content (AvgIpc) is 0.832. The first kappa shape index (κ1) is 89.1. The summed E-state index contributed by atoms with van der Waals surface area (Å²) in [5, 5.41) is 14.5. The van der Waals surface area contributed by atoms with E-state index in [0.29, 0.717) is 0 Å². The highest BCUT2D eigenvalue weighted by Crippen LogP contribution is 2.29. The van der Waals surface area contributed by atoms with Crippen LogP contribution in [-0.4, -0.2) is 154 Å². The van der Waals surface area contributed by atoms with Crippen LogP contribution in [0, 0.1) is 0 Å². The number of carbonyl (C=O) groups excluding carboxylic acids is 12. The summed E-state index contributed by atoms with van der Waals surface area (Å²) in [7, 11) is 0. The molecule has 0 aliphatic heterocycles. The van der Waals surface area contributed by atoms with E-state index in [0.717, 1.165) is 12.1 Å². The summed E-state index contributed by atoms with van der Waals surface area (Å²) < 4.78 is 67.2. The zero-order chi connectivity index (χ0) is 81.9. The molecule has 0 saturated carbocycles. The number of benzene rings is 4. The zero-order valence-corrected chi connectivity index (χ0v) is 65.8. The van der Waals surface area contributed by atoms with E-state index in [2.05, 4.69) is 41.9 Å². The molecule has 0 unspecified atom stereocenters. The van der Waals surface area contributed by atoms with Crippen molar-refractivity contribution in [3.8, 4) is 23.0 Å². The molecule has 590 valence electrons. The van der Waals surface area contributed by atoms with E-state index < -0.39 is 155 Å². The van der Waals surface area contributed by atoms with E-state index in [4.69, 9.17) is 56.8 Å². The summed E-state index contributed by atoms with van der Waals surface area (Å²) in [6.07, 6.45) is -5.17. The summed E-state index contributed by atoms with van der Waals surface area (Å²) in [6, 6.07) is 14.6. The number of aliphatic imine (C=N–C) groups is 2. The first-order valence-electron chi connectivity index (χ1n) is 34.2. The van der Waals surface area contributed by atoms with Gasteiger partial charge in [-0.25, -0.2) is 48.3 Å². The van der Waals surface area contributed by atoms with Gasteiger partial charge in [0.25, 0.3) is 11.8 Å². The monoisotopic (exact) mass is 1510 g/mol. The molecule has 6 N–H and O–H groups in total. The zero-order valence-electron chi connectivity index (χ0n) is 65.8. The minimum atomic E-state index is -1.61. The fourth-order valence-electron chi connectivity index (χ4n) is 8.43. The smallest absolute Gasteiger partial charge is 0.414 e. The Bertz CT molecular complexity index is 3680. The van der Waals surface area contributed by atoms with E-state index in [1.54, 1.807) is 166 Å². The van der Waals surface area contributed by atoms with Gasteiger partial charge in [0.2, 0.25) is 11.9 Å². The van der Waals surface area contributed by atoms with Gasteiger partial charge in [-0.2, -0.15) is 0 Å². The van der Waals surface area contributed by atoms with E-state index in [9.17, 15) is 57.5 Å². The molecule has 0 spiro atoms. The van der Waals surface area contributed by atoms with Gasteiger partial charge in [-0.1, -0.05) is 0 Å². The Hall–Kier alpha value is -11.3. The van der Waals surface area contributed by atoms with E-state index >= 15 is 0 Å². The maximum Gasteiger partial charge on any atom is 0.414 e. The Balaban J connectivity index is 1.80. The molecule has 2 atom stereocenters. The molecule has 0 aliphatic carbocycles. The van der Waals surface area contributed by atoms with Gasteiger partial charge in [-0.3, -0.25) is 40.4 Å². The lowest BCUT2D eigenvalue weighted by Crippen LogP contribution is -2.47. The van der Waals surface area contributed by atoms with Crippen LogP contribution < -0.4 is 50.8 Å². The van der Waals surface area contributed by atoms with Gasteiger partial charge < -0.3 is 67.5 Å². The van der Waals surface area contributed by atoms with Crippen LogP contribution in [0.3, 0.4) is 0 Å². The highest BCUT2D eigenvalue weighted by atomic mass is 16.6. The number of nitrogens with one attached hydrogen (secondary N) is 6. The number of guanidine groups is 2. The molecule has 0 heterocycles. The minimum absolute atomic E-state index is 0.0769. The summed E-state index contributed by atoms with van der Waals surface area (Å²) in [6.45, 7) is 37.9. The van der Waals surface area contributed by atoms with Gasteiger partial charge in [0.15, 0.2) is 0 Å². The SMILES string of the molecule is CC(C)(C)OC(=O)C[C@@H](NC(=O)c1cc(OCCOc2cc(OC(=O)c3ccc(N=C(NC(=O)OC(C)(C)C)NC(=O)OC(C)(C)C)cc3)cc(C(=O)N[C@H](CC(=O)OC(C)(C)C)C(=O)OC(C)(C)C)c2)cc(OC(=O)c2ccc(N=C(NC(=O)OC(C)(C)C)NC(=O)OC(C)(C)C)cc2)c1)C(=O)OC(C)(C)C. The Labute approximate surface area is 628 Å². The molecule has 4 rings (SSSR count). The Morgan fingerprint density at radius 1 is 0.315 bits per heavy atom. The normalized spacial score (nSPS) is 12.4. The number of rotatable bonds is 21. The fourth-order valence-corrected chi connectivity index (χ4v) is 8.43. The fraction of sp³-hybridized carbons (Fsp3) is 0.500. The van der Waals surface area contributed by atoms with Crippen LogP contribution in [0.25, 0.3) is 0 Å².